The number of carbonyl (C=O) groups is 2. The number of aryl methyl sites for hydroxylation is 1. The minimum atomic E-state index is -0.768. The fourth-order valence-corrected chi connectivity index (χ4v) is 4.00. The molecule has 1 atom stereocenters. The molecule has 3 aromatic carbocycles. The first kappa shape index (κ1) is 22.1. The third-order valence-electron chi connectivity index (χ3n) is 5.82. The molecule has 0 bridgehead atoms. The van der Waals surface area contributed by atoms with E-state index < -0.39 is 17.7 Å². The van der Waals surface area contributed by atoms with E-state index in [0.29, 0.717) is 17.0 Å². The van der Waals surface area contributed by atoms with Gasteiger partial charge in [-0.1, -0.05) is 42.0 Å². The van der Waals surface area contributed by atoms with Crippen molar-refractivity contribution in [1.82, 2.24) is 0 Å². The van der Waals surface area contributed by atoms with Crippen LogP contribution in [0.5, 0.6) is 5.75 Å². The van der Waals surface area contributed by atoms with Gasteiger partial charge < -0.3 is 14.7 Å². The molecule has 1 N–H and O–H groups in total. The molecule has 6 nitrogen and oxygen atoms in total. The van der Waals surface area contributed by atoms with Crippen molar-refractivity contribution in [3.63, 3.8) is 0 Å². The number of ketones is 1. The van der Waals surface area contributed by atoms with Gasteiger partial charge in [-0.25, -0.2) is 0 Å². The van der Waals surface area contributed by atoms with Crippen LogP contribution in [0.1, 0.15) is 22.7 Å². The second kappa shape index (κ2) is 8.82. The molecule has 168 valence electrons. The van der Waals surface area contributed by atoms with E-state index in [1.165, 1.54) is 12.0 Å². The Bertz CT molecular complexity index is 1230. The Morgan fingerprint density at radius 3 is 2.24 bits per heavy atom. The fourth-order valence-electron chi connectivity index (χ4n) is 4.00. The molecule has 1 fully saturated rings. The Hall–Kier alpha value is -4.06. The van der Waals surface area contributed by atoms with Crippen LogP contribution in [0.4, 0.5) is 11.4 Å². The SMILES string of the molecule is COc1cccc(/C(O)=C2/C(=O)C(=O)N(c3ccc(C)cc3)C2c2ccc(N(C)C)cc2)c1. The summed E-state index contributed by atoms with van der Waals surface area (Å²) < 4.78 is 5.26. The summed E-state index contributed by atoms with van der Waals surface area (Å²) >= 11 is 0. The van der Waals surface area contributed by atoms with Crippen molar-refractivity contribution < 1.29 is 19.4 Å². The molecular formula is C27H26N2O4. The largest absolute Gasteiger partial charge is 0.507 e. The fraction of sp³-hybridized carbons (Fsp3) is 0.185. The van der Waals surface area contributed by atoms with Crippen LogP contribution in [-0.4, -0.2) is 38.0 Å². The highest BCUT2D eigenvalue weighted by Crippen LogP contribution is 2.42. The predicted octanol–water partition coefficient (Wildman–Crippen LogP) is 4.70. The van der Waals surface area contributed by atoms with Crippen molar-refractivity contribution in [2.45, 2.75) is 13.0 Å². The van der Waals surface area contributed by atoms with Crippen LogP contribution in [0, 0.1) is 6.92 Å². The first-order valence-electron chi connectivity index (χ1n) is 10.6. The van der Waals surface area contributed by atoms with Crippen LogP contribution in [0.2, 0.25) is 0 Å². The zero-order valence-electron chi connectivity index (χ0n) is 19.1. The number of aliphatic hydroxyl groups is 1. The van der Waals surface area contributed by atoms with Gasteiger partial charge in [0.2, 0.25) is 0 Å². The highest BCUT2D eigenvalue weighted by molar-refractivity contribution is 6.51. The van der Waals surface area contributed by atoms with E-state index in [4.69, 9.17) is 4.74 Å². The smallest absolute Gasteiger partial charge is 0.300 e. The second-order valence-corrected chi connectivity index (χ2v) is 8.22. The lowest BCUT2D eigenvalue weighted by atomic mass is 9.94. The van der Waals surface area contributed by atoms with Crippen molar-refractivity contribution in [2.24, 2.45) is 0 Å². The monoisotopic (exact) mass is 442 g/mol. The van der Waals surface area contributed by atoms with Gasteiger partial charge in [0.25, 0.3) is 11.7 Å². The highest BCUT2D eigenvalue weighted by Gasteiger charge is 2.47. The van der Waals surface area contributed by atoms with Gasteiger partial charge in [0.05, 0.1) is 18.7 Å². The summed E-state index contributed by atoms with van der Waals surface area (Å²) in [5.74, 6) is -1.09. The van der Waals surface area contributed by atoms with Gasteiger partial charge >= 0.3 is 0 Å². The maximum atomic E-state index is 13.2. The molecule has 0 radical (unpaired) electrons. The number of nitrogens with zero attached hydrogens (tertiary/aromatic N) is 2. The highest BCUT2D eigenvalue weighted by atomic mass is 16.5. The Kier molecular flexibility index (Phi) is 5.92. The summed E-state index contributed by atoms with van der Waals surface area (Å²) in [6, 6.07) is 21.1. The van der Waals surface area contributed by atoms with Crippen LogP contribution in [0.15, 0.2) is 78.4 Å². The molecule has 1 aliphatic rings. The van der Waals surface area contributed by atoms with Gasteiger partial charge in [0.1, 0.15) is 11.5 Å². The van der Waals surface area contributed by atoms with E-state index in [1.54, 1.807) is 24.3 Å². The average molecular weight is 443 g/mol. The summed E-state index contributed by atoms with van der Waals surface area (Å²) in [6.07, 6.45) is 0. The van der Waals surface area contributed by atoms with E-state index in [0.717, 1.165) is 16.8 Å². The van der Waals surface area contributed by atoms with Crippen molar-refractivity contribution >= 4 is 28.8 Å². The summed E-state index contributed by atoms with van der Waals surface area (Å²) in [5, 5.41) is 11.2. The summed E-state index contributed by atoms with van der Waals surface area (Å²) in [4.78, 5) is 29.9. The minimum Gasteiger partial charge on any atom is -0.507 e. The predicted molar refractivity (Wildman–Crippen MR) is 130 cm³/mol. The molecule has 0 aliphatic carbocycles. The third kappa shape index (κ3) is 4.07. The third-order valence-corrected chi connectivity index (χ3v) is 5.82. The number of rotatable bonds is 5. The van der Waals surface area contributed by atoms with Gasteiger partial charge in [-0.2, -0.15) is 0 Å². The lowest BCUT2D eigenvalue weighted by Gasteiger charge is -2.26. The number of ether oxygens (including phenoxy) is 1. The lowest BCUT2D eigenvalue weighted by Crippen LogP contribution is -2.29. The normalized spacial score (nSPS) is 17.3. The van der Waals surface area contributed by atoms with Crippen LogP contribution >= 0.6 is 0 Å². The van der Waals surface area contributed by atoms with E-state index in [9.17, 15) is 14.7 Å². The first-order valence-corrected chi connectivity index (χ1v) is 10.6. The van der Waals surface area contributed by atoms with Crippen LogP contribution in [0.25, 0.3) is 5.76 Å². The average Bonchev–Trinajstić information content (AvgIpc) is 3.09. The zero-order chi connectivity index (χ0) is 23.7. The molecule has 1 aliphatic heterocycles. The molecule has 33 heavy (non-hydrogen) atoms. The molecule has 0 spiro atoms. The van der Waals surface area contributed by atoms with E-state index in [1.807, 2.05) is 74.4 Å². The van der Waals surface area contributed by atoms with Crippen molar-refractivity contribution in [3.8, 4) is 5.75 Å². The molecule has 1 amide bonds. The zero-order valence-corrected chi connectivity index (χ0v) is 19.1. The van der Waals surface area contributed by atoms with Crippen molar-refractivity contribution in [3.05, 3.63) is 95.1 Å². The Morgan fingerprint density at radius 2 is 1.64 bits per heavy atom. The van der Waals surface area contributed by atoms with Gasteiger partial charge in [-0.05, 0) is 48.9 Å². The molecule has 1 saturated heterocycles. The van der Waals surface area contributed by atoms with E-state index in [2.05, 4.69) is 0 Å². The van der Waals surface area contributed by atoms with E-state index in [-0.39, 0.29) is 11.3 Å². The molecule has 6 heteroatoms. The summed E-state index contributed by atoms with van der Waals surface area (Å²) in [5.41, 5.74) is 3.80. The number of hydrogen-bond donors (Lipinski definition) is 1. The number of hydrogen-bond acceptors (Lipinski definition) is 5. The Balaban J connectivity index is 1.92. The van der Waals surface area contributed by atoms with Gasteiger partial charge in [-0.3, -0.25) is 14.5 Å². The minimum absolute atomic E-state index is 0.0476. The van der Waals surface area contributed by atoms with Gasteiger partial charge in [0.15, 0.2) is 0 Å². The van der Waals surface area contributed by atoms with Crippen LogP contribution < -0.4 is 14.5 Å². The molecule has 4 rings (SSSR count). The summed E-state index contributed by atoms with van der Waals surface area (Å²) in [7, 11) is 5.41. The van der Waals surface area contributed by atoms with Gasteiger partial charge in [0, 0.05) is 31.0 Å². The number of benzene rings is 3. The van der Waals surface area contributed by atoms with Crippen molar-refractivity contribution in [1.29, 1.82) is 0 Å². The first-order chi connectivity index (χ1) is 15.8. The molecule has 0 aromatic heterocycles. The molecule has 1 heterocycles. The maximum Gasteiger partial charge on any atom is 0.300 e. The number of Topliss-reactive ketones (excluding diaryl/α,β-unsaturated/α-hetero) is 1. The molecule has 0 saturated carbocycles. The van der Waals surface area contributed by atoms with Gasteiger partial charge in [-0.15, -0.1) is 0 Å². The molecule has 1 unspecified atom stereocenters. The number of amides is 1. The molecule has 3 aromatic rings. The second-order valence-electron chi connectivity index (χ2n) is 8.22. The summed E-state index contributed by atoms with van der Waals surface area (Å²) in [6.45, 7) is 1.96. The number of aliphatic hydroxyl groups excluding tert-OH is 1. The van der Waals surface area contributed by atoms with E-state index >= 15 is 0 Å². The number of carbonyl (C=O) groups excluding carboxylic acids is 2. The molecular weight excluding hydrogens is 416 g/mol. The van der Waals surface area contributed by atoms with Crippen LogP contribution in [0.3, 0.4) is 0 Å². The lowest BCUT2D eigenvalue weighted by molar-refractivity contribution is -0.132. The Labute approximate surface area is 193 Å². The number of anilines is 2. The Morgan fingerprint density at radius 1 is 0.970 bits per heavy atom. The maximum absolute atomic E-state index is 13.2. The van der Waals surface area contributed by atoms with Crippen molar-refractivity contribution in [2.75, 3.05) is 31.0 Å². The standard InChI is InChI=1S/C27H26N2O4/c1-17-8-12-21(13-9-17)29-24(18-10-14-20(15-11-18)28(2)3)23(26(31)27(29)32)25(30)19-6-5-7-22(16-19)33-4/h5-16,24,30H,1-4H3/b25-23-. The van der Waals surface area contributed by atoms with Crippen LogP contribution in [-0.2, 0) is 9.59 Å². The topological polar surface area (TPSA) is 70.1 Å². The quantitative estimate of drug-likeness (QED) is 0.353. The number of methoxy groups -OCH3 is 1.